The van der Waals surface area contributed by atoms with Gasteiger partial charge in [-0.05, 0) is 20.8 Å². The van der Waals surface area contributed by atoms with E-state index in [0.717, 1.165) is 0 Å². The maximum absolute atomic E-state index is 11.7. The molecule has 10 nitrogen and oxygen atoms in total. The van der Waals surface area contributed by atoms with Crippen LogP contribution >= 0.6 is 0 Å². The van der Waals surface area contributed by atoms with Gasteiger partial charge in [-0.1, -0.05) is 0 Å². The molecule has 0 aliphatic heterocycles. The van der Waals surface area contributed by atoms with Gasteiger partial charge in [-0.3, -0.25) is 19.5 Å². The summed E-state index contributed by atoms with van der Waals surface area (Å²) in [5.41, 5.74) is -2.45. The smallest absolute Gasteiger partial charge is 0.311 e. The quantitative estimate of drug-likeness (QED) is 0.239. The summed E-state index contributed by atoms with van der Waals surface area (Å²) in [4.78, 5) is 20.4. The first-order valence-corrected chi connectivity index (χ1v) is 7.57. The first-order chi connectivity index (χ1) is 10.3. The summed E-state index contributed by atoms with van der Waals surface area (Å²) in [7, 11) is -5.01. The van der Waals surface area contributed by atoms with Gasteiger partial charge < -0.3 is 14.9 Å². The average Bonchev–Trinajstić information content (AvgIpc) is 2.36. The lowest BCUT2D eigenvalue weighted by atomic mass is 9.97. The van der Waals surface area contributed by atoms with Crippen LogP contribution in [0.25, 0.3) is 0 Å². The Labute approximate surface area is 131 Å². The minimum atomic E-state index is -5.01. The molecule has 1 aromatic rings. The van der Waals surface area contributed by atoms with E-state index in [1.807, 2.05) is 0 Å². The predicted molar refractivity (Wildman–Crippen MR) is 75.5 cm³/mol. The van der Waals surface area contributed by atoms with Gasteiger partial charge in [0.2, 0.25) is 0 Å². The molecule has 0 unspecified atom stereocenters. The molecule has 0 saturated carbocycles. The predicted octanol–water partition coefficient (Wildman–Crippen LogP) is 1.34. The summed E-state index contributed by atoms with van der Waals surface area (Å²) < 4.78 is 35.9. The number of phenolic OH excluding ortho intramolecular Hbond substituents is 2. The van der Waals surface area contributed by atoms with Gasteiger partial charge in [0.1, 0.15) is 17.1 Å². The number of carbonyl (C=O) groups is 1. The number of carbonyl (C=O) groups excluding carboxylic acids is 1. The van der Waals surface area contributed by atoms with Crippen LogP contribution in [0.1, 0.15) is 26.3 Å². The van der Waals surface area contributed by atoms with Crippen LogP contribution < -0.4 is 0 Å². The van der Waals surface area contributed by atoms with Gasteiger partial charge in [-0.25, -0.2) is 0 Å². The molecular formula is C12H15NO9S. The molecule has 0 aliphatic rings. The molecule has 0 saturated heterocycles. The largest absolute Gasteiger partial charge is 0.504 e. The van der Waals surface area contributed by atoms with Gasteiger partial charge in [0, 0.05) is 6.07 Å². The van der Waals surface area contributed by atoms with Crippen molar-refractivity contribution in [1.29, 1.82) is 0 Å². The number of nitro benzene ring substituents is 1. The van der Waals surface area contributed by atoms with Gasteiger partial charge in [0.05, 0.1) is 10.3 Å². The second kappa shape index (κ2) is 6.01. The maximum atomic E-state index is 11.7. The van der Waals surface area contributed by atoms with Crippen LogP contribution in [0.3, 0.4) is 0 Å². The van der Waals surface area contributed by atoms with E-state index in [4.69, 9.17) is 9.29 Å². The Morgan fingerprint density at radius 3 is 2.22 bits per heavy atom. The van der Waals surface area contributed by atoms with Crippen LogP contribution in [0.5, 0.6) is 11.5 Å². The summed E-state index contributed by atoms with van der Waals surface area (Å²) in [6, 6.07) is 0.366. The van der Waals surface area contributed by atoms with Crippen molar-refractivity contribution in [2.75, 3.05) is 0 Å². The number of benzene rings is 1. The molecule has 0 spiro atoms. The van der Waals surface area contributed by atoms with Gasteiger partial charge in [0.15, 0.2) is 11.5 Å². The average molecular weight is 349 g/mol. The highest BCUT2D eigenvalue weighted by Gasteiger charge is 2.31. The van der Waals surface area contributed by atoms with Crippen molar-refractivity contribution >= 4 is 21.8 Å². The topological polar surface area (TPSA) is 164 Å². The van der Waals surface area contributed by atoms with Crippen molar-refractivity contribution < 1.29 is 37.6 Å². The first kappa shape index (κ1) is 18.6. The summed E-state index contributed by atoms with van der Waals surface area (Å²) in [5, 5.41) is 30.4. The van der Waals surface area contributed by atoms with Crippen LogP contribution in [0, 0.1) is 15.5 Å². The van der Waals surface area contributed by atoms with E-state index in [2.05, 4.69) is 0 Å². The van der Waals surface area contributed by atoms with Gasteiger partial charge in [0.25, 0.3) is 15.8 Å². The Hall–Kier alpha value is -2.40. The third kappa shape index (κ3) is 4.07. The molecule has 1 aromatic carbocycles. The van der Waals surface area contributed by atoms with Crippen molar-refractivity contribution in [2.45, 2.75) is 32.3 Å². The number of hydrogen-bond donors (Lipinski definition) is 3. The first-order valence-electron chi connectivity index (χ1n) is 6.13. The maximum Gasteiger partial charge on any atom is 0.311 e. The second-order valence-corrected chi connectivity index (χ2v) is 7.02. The molecule has 0 aromatic heterocycles. The highest BCUT2D eigenvalue weighted by Crippen LogP contribution is 2.41. The molecule has 1 rings (SSSR count). The third-order valence-corrected chi connectivity index (χ3v) is 3.62. The van der Waals surface area contributed by atoms with E-state index in [9.17, 15) is 33.5 Å². The number of nitro groups is 1. The van der Waals surface area contributed by atoms with E-state index in [-0.39, 0.29) is 0 Å². The molecule has 3 N–H and O–H groups in total. The van der Waals surface area contributed by atoms with Crippen LogP contribution in [0.15, 0.2) is 11.0 Å². The molecule has 0 bridgehead atoms. The Morgan fingerprint density at radius 2 is 1.83 bits per heavy atom. The molecular weight excluding hydrogens is 334 g/mol. The number of ether oxygens (including phenoxy) is 1. The Bertz CT molecular complexity index is 762. The fourth-order valence-corrected chi connectivity index (χ4v) is 2.12. The number of hydrogen-bond acceptors (Lipinski definition) is 8. The summed E-state index contributed by atoms with van der Waals surface area (Å²) in [6.45, 7) is 3.82. The Balaban J connectivity index is 3.41. The van der Waals surface area contributed by atoms with Crippen molar-refractivity contribution in [2.24, 2.45) is 5.41 Å². The summed E-state index contributed by atoms with van der Waals surface area (Å²) in [6.07, 6.45) is 0. The van der Waals surface area contributed by atoms with E-state index >= 15 is 0 Å². The normalized spacial score (nSPS) is 12.0. The van der Waals surface area contributed by atoms with Crippen molar-refractivity contribution in [3.05, 3.63) is 21.7 Å². The zero-order valence-electron chi connectivity index (χ0n) is 12.4. The molecule has 0 aliphatic carbocycles. The minimum absolute atomic E-state index is 0.366. The van der Waals surface area contributed by atoms with Gasteiger partial charge >= 0.3 is 5.97 Å². The van der Waals surface area contributed by atoms with Crippen LogP contribution in [-0.4, -0.2) is 34.1 Å². The van der Waals surface area contributed by atoms with Crippen LogP contribution in [0.2, 0.25) is 0 Å². The molecule has 0 amide bonds. The fourth-order valence-electron chi connectivity index (χ4n) is 1.52. The second-order valence-electron chi connectivity index (χ2n) is 5.63. The Kier molecular flexibility index (Phi) is 4.87. The molecule has 0 fully saturated rings. The number of esters is 1. The van der Waals surface area contributed by atoms with Crippen LogP contribution in [0.4, 0.5) is 5.69 Å². The molecule has 11 heteroatoms. The van der Waals surface area contributed by atoms with Crippen molar-refractivity contribution in [3.8, 4) is 11.5 Å². The lowest BCUT2D eigenvalue weighted by Gasteiger charge is -2.17. The lowest BCUT2D eigenvalue weighted by Crippen LogP contribution is -2.23. The zero-order chi connectivity index (χ0) is 18.2. The van der Waals surface area contributed by atoms with Crippen LogP contribution in [-0.2, 0) is 26.3 Å². The van der Waals surface area contributed by atoms with E-state index in [1.165, 1.54) is 20.8 Å². The fraction of sp³-hybridized carbons (Fsp3) is 0.417. The van der Waals surface area contributed by atoms with E-state index in [0.29, 0.717) is 6.07 Å². The molecule has 0 heterocycles. The molecule has 0 atom stereocenters. The summed E-state index contributed by atoms with van der Waals surface area (Å²) in [5.74, 6) is -3.18. The third-order valence-electron chi connectivity index (χ3n) is 2.76. The minimum Gasteiger partial charge on any atom is -0.504 e. The highest BCUT2D eigenvalue weighted by molar-refractivity contribution is 7.86. The number of rotatable bonds is 4. The lowest BCUT2D eigenvalue weighted by molar-refractivity contribution is -0.386. The number of nitrogens with zero attached hydrogens (tertiary/aromatic N) is 1. The Morgan fingerprint density at radius 1 is 1.30 bits per heavy atom. The van der Waals surface area contributed by atoms with Gasteiger partial charge in [-0.15, -0.1) is 0 Å². The molecule has 0 radical (unpaired) electrons. The zero-order valence-corrected chi connectivity index (χ0v) is 13.2. The SMILES string of the molecule is CC(C)(C)C(=O)OCc1c([N+](=O)[O-])cc(S(=O)(=O)O)c(O)c1O. The summed E-state index contributed by atoms with van der Waals surface area (Å²) >= 11 is 0. The van der Waals surface area contributed by atoms with E-state index in [1.54, 1.807) is 0 Å². The molecule has 128 valence electrons. The highest BCUT2D eigenvalue weighted by atomic mass is 32.2. The number of aromatic hydroxyl groups is 2. The molecule has 23 heavy (non-hydrogen) atoms. The van der Waals surface area contributed by atoms with E-state index < -0.39 is 60.7 Å². The van der Waals surface area contributed by atoms with Crippen molar-refractivity contribution in [3.63, 3.8) is 0 Å². The monoisotopic (exact) mass is 349 g/mol. The number of phenols is 2. The standard InChI is InChI=1S/C12H15NO9S/c1-12(2,3)11(16)22-5-6-7(13(17)18)4-8(23(19,20)21)10(15)9(6)14/h4,14-15H,5H2,1-3H3,(H,19,20,21). The van der Waals surface area contributed by atoms with Crippen molar-refractivity contribution in [1.82, 2.24) is 0 Å². The van der Waals surface area contributed by atoms with Gasteiger partial charge in [-0.2, -0.15) is 8.42 Å².